The average Bonchev–Trinajstić information content (AvgIpc) is 2.82. The summed E-state index contributed by atoms with van der Waals surface area (Å²) in [6.45, 7) is 3.42. The predicted octanol–water partition coefficient (Wildman–Crippen LogP) is 2.96. The summed E-state index contributed by atoms with van der Waals surface area (Å²) in [6.07, 6.45) is 2.45. The molecule has 0 aliphatic carbocycles. The molecule has 2 aromatic rings. The number of anilines is 1. The van der Waals surface area contributed by atoms with Gasteiger partial charge in [0, 0.05) is 31.1 Å². The molecule has 1 saturated heterocycles. The summed E-state index contributed by atoms with van der Waals surface area (Å²) < 4.78 is 2.45. The van der Waals surface area contributed by atoms with Crippen molar-refractivity contribution in [2.24, 2.45) is 0 Å². The first-order valence-corrected chi connectivity index (χ1v) is 7.90. The van der Waals surface area contributed by atoms with Gasteiger partial charge in [0.05, 0.1) is 11.0 Å². The van der Waals surface area contributed by atoms with Gasteiger partial charge < -0.3 is 9.47 Å². The van der Waals surface area contributed by atoms with Crippen LogP contribution in [0.5, 0.6) is 0 Å². The summed E-state index contributed by atoms with van der Waals surface area (Å²) in [7, 11) is 0. The van der Waals surface area contributed by atoms with Crippen LogP contribution in [0.15, 0.2) is 18.2 Å². The van der Waals surface area contributed by atoms with Gasteiger partial charge in [-0.1, -0.05) is 12.1 Å². The highest BCUT2D eigenvalue weighted by Crippen LogP contribution is 2.31. The molecule has 0 bridgehead atoms. The number of nitrogens with zero attached hydrogens (tertiary/aromatic N) is 3. The summed E-state index contributed by atoms with van der Waals surface area (Å²) in [4.78, 5) is 7.35. The second-order valence-corrected chi connectivity index (χ2v) is 6.28. The number of aromatic nitrogens is 2. The third-order valence-corrected chi connectivity index (χ3v) is 4.89. The Kier molecular flexibility index (Phi) is 3.63. The number of benzene rings is 1. The molecule has 1 fully saturated rings. The lowest BCUT2D eigenvalue weighted by molar-refractivity contribution is 0.619. The Morgan fingerprint density at radius 3 is 2.79 bits per heavy atom. The number of hydrogen-bond donors (Lipinski definition) is 0. The monoisotopic (exact) mass is 295 g/mol. The molecule has 4 rings (SSSR count). The minimum atomic E-state index is 0. The van der Waals surface area contributed by atoms with Crippen molar-refractivity contribution in [3.63, 3.8) is 0 Å². The fourth-order valence-corrected chi connectivity index (χ4v) is 4.00. The molecule has 0 spiro atoms. The van der Waals surface area contributed by atoms with E-state index >= 15 is 0 Å². The molecule has 5 heteroatoms. The molecule has 0 saturated carbocycles. The van der Waals surface area contributed by atoms with Crippen molar-refractivity contribution in [3.05, 3.63) is 23.8 Å². The van der Waals surface area contributed by atoms with E-state index in [0.29, 0.717) is 0 Å². The highest BCUT2D eigenvalue weighted by atomic mass is 35.5. The van der Waals surface area contributed by atoms with Crippen LogP contribution in [0.1, 0.15) is 12.0 Å². The van der Waals surface area contributed by atoms with Crippen LogP contribution in [0.4, 0.5) is 5.95 Å². The molecule has 19 heavy (non-hydrogen) atoms. The number of rotatable bonds is 1. The molecule has 2 aliphatic rings. The maximum absolute atomic E-state index is 4.89. The number of halogens is 1. The molecule has 0 amide bonds. The van der Waals surface area contributed by atoms with Gasteiger partial charge in [-0.05, 0) is 24.5 Å². The van der Waals surface area contributed by atoms with Gasteiger partial charge in [-0.2, -0.15) is 11.8 Å². The third-order valence-electron chi connectivity index (χ3n) is 3.95. The predicted molar refractivity (Wildman–Crippen MR) is 84.8 cm³/mol. The van der Waals surface area contributed by atoms with Gasteiger partial charge in [-0.25, -0.2) is 4.98 Å². The summed E-state index contributed by atoms with van der Waals surface area (Å²) in [5.41, 5.74) is 4.04. The minimum absolute atomic E-state index is 0. The van der Waals surface area contributed by atoms with Crippen molar-refractivity contribution in [3.8, 4) is 0 Å². The lowest BCUT2D eigenvalue weighted by Gasteiger charge is -2.28. The van der Waals surface area contributed by atoms with Crippen molar-refractivity contribution in [1.82, 2.24) is 9.55 Å². The second kappa shape index (κ2) is 5.25. The molecule has 2 aliphatic heterocycles. The van der Waals surface area contributed by atoms with Gasteiger partial charge in [0.2, 0.25) is 5.95 Å². The van der Waals surface area contributed by atoms with Gasteiger partial charge in [0.15, 0.2) is 0 Å². The maximum Gasteiger partial charge on any atom is 0.206 e. The van der Waals surface area contributed by atoms with Crippen LogP contribution in [0.25, 0.3) is 11.0 Å². The van der Waals surface area contributed by atoms with Crippen molar-refractivity contribution in [1.29, 1.82) is 0 Å². The summed E-state index contributed by atoms with van der Waals surface area (Å²) in [5.74, 6) is 3.67. The van der Waals surface area contributed by atoms with Crippen molar-refractivity contribution < 1.29 is 0 Å². The Morgan fingerprint density at radius 1 is 1.11 bits per heavy atom. The molecule has 3 nitrogen and oxygen atoms in total. The molecular formula is C14H18ClN3S. The van der Waals surface area contributed by atoms with Gasteiger partial charge >= 0.3 is 0 Å². The van der Waals surface area contributed by atoms with E-state index in [1.54, 1.807) is 0 Å². The van der Waals surface area contributed by atoms with Crippen LogP contribution in [-0.4, -0.2) is 34.1 Å². The molecule has 102 valence electrons. The fraction of sp³-hybridized carbons (Fsp3) is 0.500. The molecular weight excluding hydrogens is 278 g/mol. The molecule has 0 N–H and O–H groups in total. The number of para-hydroxylation sites is 1. The number of aryl methyl sites for hydroxylation is 2. The largest absolute Gasteiger partial charge is 0.341 e. The van der Waals surface area contributed by atoms with E-state index in [1.165, 1.54) is 46.9 Å². The Bertz CT molecular complexity index is 590. The molecule has 0 radical (unpaired) electrons. The fourth-order valence-electron chi connectivity index (χ4n) is 3.09. The van der Waals surface area contributed by atoms with Crippen LogP contribution in [0, 0.1) is 0 Å². The lowest BCUT2D eigenvalue weighted by atomic mass is 10.0. The van der Waals surface area contributed by atoms with Gasteiger partial charge in [-0.15, -0.1) is 12.4 Å². The Balaban J connectivity index is 0.00000110. The Hall–Kier alpha value is -0.870. The lowest BCUT2D eigenvalue weighted by Crippen LogP contribution is -2.34. The second-order valence-electron chi connectivity index (χ2n) is 5.05. The van der Waals surface area contributed by atoms with E-state index in [0.717, 1.165) is 19.6 Å². The van der Waals surface area contributed by atoms with Crippen LogP contribution in [0.2, 0.25) is 0 Å². The van der Waals surface area contributed by atoms with Crippen molar-refractivity contribution in [2.45, 2.75) is 19.4 Å². The Labute approximate surface area is 123 Å². The van der Waals surface area contributed by atoms with Gasteiger partial charge in [-0.3, -0.25) is 0 Å². The zero-order valence-corrected chi connectivity index (χ0v) is 12.5. The van der Waals surface area contributed by atoms with E-state index in [1.807, 2.05) is 0 Å². The van der Waals surface area contributed by atoms with E-state index in [-0.39, 0.29) is 12.4 Å². The molecule has 1 aromatic carbocycles. The highest BCUT2D eigenvalue weighted by molar-refractivity contribution is 7.99. The number of thioether (sulfide) groups is 1. The average molecular weight is 296 g/mol. The van der Waals surface area contributed by atoms with Crippen LogP contribution in [-0.2, 0) is 13.0 Å². The molecule has 0 unspecified atom stereocenters. The standard InChI is InChI=1S/C14H17N3S.ClH/c1-3-11-4-2-6-17-13(11)12(5-1)15-14(17)16-7-9-18-10-8-16;/h1,3,5H,2,4,6-10H2;1H. The van der Waals surface area contributed by atoms with E-state index in [2.05, 4.69) is 39.4 Å². The summed E-state index contributed by atoms with van der Waals surface area (Å²) in [6, 6.07) is 6.56. The van der Waals surface area contributed by atoms with Crippen LogP contribution >= 0.6 is 24.2 Å². The first-order valence-electron chi connectivity index (χ1n) is 6.74. The summed E-state index contributed by atoms with van der Waals surface area (Å²) in [5, 5.41) is 0. The summed E-state index contributed by atoms with van der Waals surface area (Å²) >= 11 is 2.05. The normalized spacial score (nSPS) is 18.4. The van der Waals surface area contributed by atoms with E-state index in [4.69, 9.17) is 4.98 Å². The molecule has 1 aromatic heterocycles. The van der Waals surface area contributed by atoms with Crippen molar-refractivity contribution >= 4 is 41.2 Å². The SMILES string of the molecule is Cl.c1cc2c3c(c1)nc(N1CCSCC1)n3CCC2. The van der Waals surface area contributed by atoms with Crippen LogP contribution < -0.4 is 4.90 Å². The van der Waals surface area contributed by atoms with Gasteiger partial charge in [0.1, 0.15) is 0 Å². The third kappa shape index (κ3) is 2.11. The molecule has 3 heterocycles. The van der Waals surface area contributed by atoms with Gasteiger partial charge in [0.25, 0.3) is 0 Å². The first-order chi connectivity index (χ1) is 8.93. The Morgan fingerprint density at radius 2 is 1.95 bits per heavy atom. The van der Waals surface area contributed by atoms with E-state index in [9.17, 15) is 0 Å². The number of imidazole rings is 1. The molecule has 0 atom stereocenters. The minimum Gasteiger partial charge on any atom is -0.341 e. The smallest absolute Gasteiger partial charge is 0.206 e. The zero-order chi connectivity index (χ0) is 11.9. The maximum atomic E-state index is 4.89. The first kappa shape index (κ1) is 13.1. The van der Waals surface area contributed by atoms with E-state index < -0.39 is 0 Å². The van der Waals surface area contributed by atoms with Crippen molar-refractivity contribution in [2.75, 3.05) is 29.5 Å². The quantitative estimate of drug-likeness (QED) is 0.807. The number of hydrogen-bond acceptors (Lipinski definition) is 3. The highest BCUT2D eigenvalue weighted by Gasteiger charge is 2.22. The van der Waals surface area contributed by atoms with Crippen LogP contribution in [0.3, 0.4) is 0 Å². The zero-order valence-electron chi connectivity index (χ0n) is 10.8. The topological polar surface area (TPSA) is 21.1 Å².